The maximum atomic E-state index is 12.2. The van der Waals surface area contributed by atoms with E-state index in [1.54, 1.807) is 12.0 Å². The summed E-state index contributed by atoms with van der Waals surface area (Å²) in [5.74, 6) is 0.893. The Bertz CT molecular complexity index is 745. The topological polar surface area (TPSA) is 44.8 Å². The molecule has 0 aliphatic carbocycles. The van der Waals surface area contributed by atoms with Gasteiger partial charge in [0, 0.05) is 19.8 Å². The van der Waals surface area contributed by atoms with Crippen molar-refractivity contribution in [2.45, 2.75) is 13.0 Å². The summed E-state index contributed by atoms with van der Waals surface area (Å²) in [7, 11) is 5.42. The van der Waals surface area contributed by atoms with E-state index >= 15 is 0 Å². The molecular formula is C18H21N3O2. The molecule has 2 aromatic carbocycles. The molecule has 1 N–H and O–H groups in total. The first-order valence-electron chi connectivity index (χ1n) is 7.57. The van der Waals surface area contributed by atoms with Crippen LogP contribution in [0.3, 0.4) is 0 Å². The molecule has 23 heavy (non-hydrogen) atoms. The number of para-hydroxylation sites is 2. The molecule has 0 aromatic heterocycles. The minimum absolute atomic E-state index is 0.102. The molecule has 1 aliphatic heterocycles. The third-order valence-electron chi connectivity index (χ3n) is 4.37. The number of hydrogen-bond acceptors (Lipinski definition) is 4. The third-order valence-corrected chi connectivity index (χ3v) is 4.37. The Labute approximate surface area is 136 Å². The van der Waals surface area contributed by atoms with Gasteiger partial charge in [-0.3, -0.25) is 4.79 Å². The van der Waals surface area contributed by atoms with Gasteiger partial charge in [-0.05, 0) is 37.3 Å². The van der Waals surface area contributed by atoms with Gasteiger partial charge in [0.25, 0.3) is 0 Å². The van der Waals surface area contributed by atoms with E-state index in [2.05, 4.69) is 11.4 Å². The first-order valence-corrected chi connectivity index (χ1v) is 7.57. The smallest absolute Gasteiger partial charge is 0.249 e. The number of carbonyl (C=O) groups is 1. The van der Waals surface area contributed by atoms with Gasteiger partial charge in [0.1, 0.15) is 11.8 Å². The van der Waals surface area contributed by atoms with Gasteiger partial charge >= 0.3 is 0 Å². The molecule has 0 spiro atoms. The van der Waals surface area contributed by atoms with Crippen LogP contribution in [0, 0.1) is 0 Å². The number of benzene rings is 2. The van der Waals surface area contributed by atoms with Crippen LogP contribution in [0.5, 0.6) is 5.75 Å². The summed E-state index contributed by atoms with van der Waals surface area (Å²) >= 11 is 0. The molecule has 120 valence electrons. The van der Waals surface area contributed by atoms with E-state index in [4.69, 9.17) is 4.74 Å². The molecule has 3 rings (SSSR count). The summed E-state index contributed by atoms with van der Waals surface area (Å²) in [5.41, 5.74) is 3.81. The van der Waals surface area contributed by atoms with Crippen LogP contribution in [0.25, 0.3) is 0 Å². The molecule has 5 nitrogen and oxygen atoms in total. The maximum Gasteiger partial charge on any atom is 0.249 e. The highest BCUT2D eigenvalue weighted by molar-refractivity contribution is 6.05. The Morgan fingerprint density at radius 1 is 1.09 bits per heavy atom. The maximum absolute atomic E-state index is 12.2. The predicted molar refractivity (Wildman–Crippen MR) is 94.0 cm³/mol. The van der Waals surface area contributed by atoms with E-state index in [0.29, 0.717) is 0 Å². The van der Waals surface area contributed by atoms with Crippen molar-refractivity contribution in [3.8, 4) is 5.75 Å². The summed E-state index contributed by atoms with van der Waals surface area (Å²) in [6.07, 6.45) is 0. The van der Waals surface area contributed by atoms with Crippen molar-refractivity contribution < 1.29 is 9.53 Å². The van der Waals surface area contributed by atoms with Crippen molar-refractivity contribution >= 4 is 28.7 Å². The molecule has 0 radical (unpaired) electrons. The average molecular weight is 311 g/mol. The number of nitrogens with zero attached hydrogens (tertiary/aromatic N) is 2. The number of anilines is 4. The van der Waals surface area contributed by atoms with Gasteiger partial charge in [-0.1, -0.05) is 12.1 Å². The number of likely N-dealkylation sites (N-methyl/N-ethyl adjacent to an activating group) is 2. The van der Waals surface area contributed by atoms with Crippen LogP contribution in [0.4, 0.5) is 22.7 Å². The van der Waals surface area contributed by atoms with Crippen LogP contribution in [0.15, 0.2) is 42.5 Å². The highest BCUT2D eigenvalue weighted by atomic mass is 16.5. The van der Waals surface area contributed by atoms with Crippen LogP contribution in [0.1, 0.15) is 6.92 Å². The first kappa shape index (κ1) is 15.2. The monoisotopic (exact) mass is 311 g/mol. The van der Waals surface area contributed by atoms with Crippen LogP contribution in [-0.4, -0.2) is 33.2 Å². The van der Waals surface area contributed by atoms with E-state index in [1.807, 2.05) is 62.3 Å². The van der Waals surface area contributed by atoms with Crippen LogP contribution in [-0.2, 0) is 4.79 Å². The number of ether oxygens (including phenoxy) is 1. The first-order chi connectivity index (χ1) is 11.0. The fourth-order valence-electron chi connectivity index (χ4n) is 2.84. The molecule has 1 amide bonds. The normalized spacial score (nSPS) is 17.0. The standard InChI is InChI=1S/C18H21N3O2/c1-12-18(22)21(3)15-10-9-13(11-16(15)20(12)2)19-14-7-5-6-8-17(14)23-4/h5-12,19H,1-4H3/t12-/m0/s1. The molecule has 2 aromatic rings. The number of methoxy groups -OCH3 is 1. The number of rotatable bonds is 3. The van der Waals surface area contributed by atoms with E-state index in [9.17, 15) is 4.79 Å². The number of carbonyl (C=O) groups excluding carboxylic acids is 1. The van der Waals surface area contributed by atoms with Crippen LogP contribution < -0.4 is 19.9 Å². The van der Waals surface area contributed by atoms with Gasteiger partial charge in [0.15, 0.2) is 0 Å². The van der Waals surface area contributed by atoms with Crippen LogP contribution >= 0.6 is 0 Å². The van der Waals surface area contributed by atoms with E-state index in [1.165, 1.54) is 0 Å². The zero-order valence-corrected chi connectivity index (χ0v) is 13.8. The molecule has 1 atom stereocenters. The second-order valence-electron chi connectivity index (χ2n) is 5.71. The molecule has 0 saturated heterocycles. The lowest BCUT2D eigenvalue weighted by Gasteiger charge is -2.38. The fourth-order valence-corrected chi connectivity index (χ4v) is 2.84. The molecule has 1 aliphatic rings. The van der Waals surface area contributed by atoms with Crippen molar-refractivity contribution in [2.75, 3.05) is 36.3 Å². The Morgan fingerprint density at radius 3 is 2.57 bits per heavy atom. The lowest BCUT2D eigenvalue weighted by molar-refractivity contribution is -0.119. The quantitative estimate of drug-likeness (QED) is 0.945. The highest BCUT2D eigenvalue weighted by Crippen LogP contribution is 2.37. The number of fused-ring (bicyclic) bond motifs is 1. The van der Waals surface area contributed by atoms with Gasteiger partial charge in [0.05, 0.1) is 24.2 Å². The van der Waals surface area contributed by atoms with E-state index < -0.39 is 0 Å². The zero-order chi connectivity index (χ0) is 16.6. The average Bonchev–Trinajstić information content (AvgIpc) is 2.58. The molecule has 0 unspecified atom stereocenters. The van der Waals surface area contributed by atoms with Crippen molar-refractivity contribution in [3.05, 3.63) is 42.5 Å². The highest BCUT2D eigenvalue weighted by Gasteiger charge is 2.31. The van der Waals surface area contributed by atoms with Crippen molar-refractivity contribution in [3.63, 3.8) is 0 Å². The van der Waals surface area contributed by atoms with Gasteiger partial charge in [-0.2, -0.15) is 0 Å². The lowest BCUT2D eigenvalue weighted by Crippen LogP contribution is -2.48. The molecule has 0 saturated carbocycles. The lowest BCUT2D eigenvalue weighted by atomic mass is 10.1. The van der Waals surface area contributed by atoms with Crippen molar-refractivity contribution in [2.24, 2.45) is 0 Å². The third kappa shape index (κ3) is 2.59. The van der Waals surface area contributed by atoms with Gasteiger partial charge in [-0.15, -0.1) is 0 Å². The summed E-state index contributed by atoms with van der Waals surface area (Å²) in [4.78, 5) is 15.9. The molecule has 5 heteroatoms. The Morgan fingerprint density at radius 2 is 1.83 bits per heavy atom. The number of nitrogens with one attached hydrogen (secondary N) is 1. The predicted octanol–water partition coefficient (Wildman–Crippen LogP) is 3.24. The molecular weight excluding hydrogens is 290 g/mol. The molecule has 0 fully saturated rings. The molecule has 0 bridgehead atoms. The molecule has 1 heterocycles. The Kier molecular flexibility index (Phi) is 3.86. The zero-order valence-electron chi connectivity index (χ0n) is 13.8. The Hall–Kier alpha value is -2.69. The number of amides is 1. The fraction of sp³-hybridized carbons (Fsp3) is 0.278. The minimum atomic E-state index is -0.172. The summed E-state index contributed by atoms with van der Waals surface area (Å²) < 4.78 is 5.37. The summed E-state index contributed by atoms with van der Waals surface area (Å²) in [6.45, 7) is 1.92. The van der Waals surface area contributed by atoms with Gasteiger partial charge in [0.2, 0.25) is 5.91 Å². The minimum Gasteiger partial charge on any atom is -0.495 e. The van der Waals surface area contributed by atoms with E-state index in [0.717, 1.165) is 28.5 Å². The SMILES string of the molecule is COc1ccccc1Nc1ccc2c(c1)N(C)[C@@H](C)C(=O)N2C. The second-order valence-corrected chi connectivity index (χ2v) is 5.71. The van der Waals surface area contributed by atoms with Crippen LogP contribution in [0.2, 0.25) is 0 Å². The Balaban J connectivity index is 1.97. The summed E-state index contributed by atoms with van der Waals surface area (Å²) in [6, 6.07) is 13.6. The van der Waals surface area contributed by atoms with Crippen molar-refractivity contribution in [1.82, 2.24) is 0 Å². The second kappa shape index (κ2) is 5.83. The number of hydrogen-bond donors (Lipinski definition) is 1. The van der Waals surface area contributed by atoms with Crippen molar-refractivity contribution in [1.29, 1.82) is 0 Å². The van der Waals surface area contributed by atoms with Gasteiger partial charge < -0.3 is 19.9 Å². The largest absolute Gasteiger partial charge is 0.495 e. The van der Waals surface area contributed by atoms with E-state index in [-0.39, 0.29) is 11.9 Å². The summed E-state index contributed by atoms with van der Waals surface area (Å²) in [5, 5.41) is 3.38. The van der Waals surface area contributed by atoms with Gasteiger partial charge in [-0.25, -0.2) is 0 Å².